The Hall–Kier alpha value is 4.36. The van der Waals surface area contributed by atoms with Gasteiger partial charge < -0.3 is 0 Å². The van der Waals surface area contributed by atoms with Gasteiger partial charge in [0.1, 0.15) is 0 Å². The Balaban J connectivity index is -0.000000180. The molecule has 0 rings (SSSR count). The van der Waals surface area contributed by atoms with Crippen molar-refractivity contribution < 1.29 is 65.6 Å². The Labute approximate surface area is 121 Å². The fourth-order valence-electron chi connectivity index (χ4n) is 0. The third-order valence-corrected chi connectivity index (χ3v) is 0. The number of rotatable bonds is 0. The maximum absolute atomic E-state index is 5.15. The molecule has 0 aliphatic heterocycles. The molecule has 0 saturated carbocycles. The van der Waals surface area contributed by atoms with E-state index in [2.05, 4.69) is 0 Å². The van der Waals surface area contributed by atoms with E-state index in [0.29, 0.717) is 0 Å². The van der Waals surface area contributed by atoms with Gasteiger partial charge in [0.2, 0.25) is 0 Å². The van der Waals surface area contributed by atoms with Gasteiger partial charge in [0, 0.05) is 0 Å². The maximum atomic E-state index is 5.04. The van der Waals surface area contributed by atoms with E-state index in [4.69, 9.17) is 58.1 Å². The molecule has 0 N–H and O–H groups in total. The van der Waals surface area contributed by atoms with Crippen molar-refractivity contribution >= 4 is 58.1 Å². The molecule has 0 unspecified atom stereocenters. The van der Waals surface area contributed by atoms with Crippen LogP contribution in [0.3, 0.4) is 0 Å². The molecular formula is Cl6Na2Rh. The summed E-state index contributed by atoms with van der Waals surface area (Å²) in [4.78, 5) is 0. The van der Waals surface area contributed by atoms with Gasteiger partial charge in [0.15, 0.2) is 0 Å². The van der Waals surface area contributed by atoms with Crippen molar-refractivity contribution in [3.05, 3.63) is 0 Å². The van der Waals surface area contributed by atoms with Gasteiger partial charge >= 0.3 is 124 Å². The van der Waals surface area contributed by atoms with Gasteiger partial charge in [-0.1, -0.05) is 0 Å². The Morgan fingerprint density at radius 2 is 0.556 bits per heavy atom. The minimum Gasteiger partial charge on any atom is 1.00 e. The first-order chi connectivity index (χ1) is 2.45. The van der Waals surface area contributed by atoms with Crippen LogP contribution in [0, 0.1) is 0 Å². The number of hydrogen-bond acceptors (Lipinski definition) is 0. The van der Waals surface area contributed by atoms with Gasteiger partial charge in [-0.2, -0.15) is 0 Å². The summed E-state index contributed by atoms with van der Waals surface area (Å²) < 4.78 is 0. The minimum atomic E-state index is -5.15. The molecule has 0 radical (unpaired) electrons. The normalized spacial score (nSPS) is 18.0. The summed E-state index contributed by atoms with van der Waals surface area (Å²) in [5.41, 5.74) is 0. The van der Waals surface area contributed by atoms with Gasteiger partial charge in [-0.25, -0.2) is 0 Å². The summed E-state index contributed by atoms with van der Waals surface area (Å²) in [7, 11) is 30.2. The fraction of sp³-hybridized carbons (Fsp3) is 0. The standard InChI is InChI=1S/6ClH.2Na.Rh/h6*1H;;;/q;;;;;;2*+1;+4/p-6. The van der Waals surface area contributed by atoms with Crippen LogP contribution in [-0.4, -0.2) is 0 Å². The fourth-order valence-corrected chi connectivity index (χ4v) is 0. The summed E-state index contributed by atoms with van der Waals surface area (Å²) in [5, 5.41) is 0. The molecule has 0 atom stereocenters. The molecule has 0 aliphatic rings. The van der Waals surface area contributed by atoms with E-state index in [1.165, 1.54) is 0 Å². The van der Waals surface area contributed by atoms with E-state index in [9.17, 15) is 0 Å². The Bertz CT molecular complexity index is 69.6. The number of halogens is 6. The summed E-state index contributed by atoms with van der Waals surface area (Å²) in [6, 6.07) is 0. The van der Waals surface area contributed by atoms with Crippen LogP contribution in [0.25, 0.3) is 0 Å². The summed E-state index contributed by atoms with van der Waals surface area (Å²) >= 11 is 0. The van der Waals surface area contributed by atoms with Gasteiger partial charge in [-0.05, 0) is 0 Å². The van der Waals surface area contributed by atoms with Crippen molar-refractivity contribution in [1.29, 1.82) is 0 Å². The average molecular weight is 362 g/mol. The molecule has 53 valence electrons. The second-order valence-corrected chi connectivity index (χ2v) is 38.0. The third kappa shape index (κ3) is 69.7. The van der Waals surface area contributed by atoms with Gasteiger partial charge in [-0.15, -0.1) is 0 Å². The first-order valence-electron chi connectivity index (χ1n) is 0.756. The average Bonchev–Trinajstić information content (AvgIpc) is 0.592. The predicted octanol–water partition coefficient (Wildman–Crippen LogP) is -1.86. The van der Waals surface area contributed by atoms with Crippen LogP contribution in [0.2, 0.25) is 0 Å². The molecule has 0 spiro atoms. The van der Waals surface area contributed by atoms with E-state index in [1.54, 1.807) is 0 Å². The predicted molar refractivity (Wildman–Crippen MR) is 35.1 cm³/mol. The van der Waals surface area contributed by atoms with Crippen LogP contribution in [0.15, 0.2) is 0 Å². The topological polar surface area (TPSA) is 0 Å². The van der Waals surface area contributed by atoms with Crippen molar-refractivity contribution in [3.8, 4) is 0 Å². The Morgan fingerprint density at radius 1 is 0.556 bits per heavy atom. The summed E-state index contributed by atoms with van der Waals surface area (Å²) in [5.74, 6) is 0. The maximum Gasteiger partial charge on any atom is 1.00 e. The third-order valence-electron chi connectivity index (χ3n) is 0. The first-order valence-corrected chi connectivity index (χ1v) is 13.4. The smallest absolute Gasteiger partial charge is 1.00 e. The van der Waals surface area contributed by atoms with Crippen molar-refractivity contribution in [2.45, 2.75) is 0 Å². The summed E-state index contributed by atoms with van der Waals surface area (Å²) in [6.45, 7) is -5.15. The molecule has 9 heavy (non-hydrogen) atoms. The van der Waals surface area contributed by atoms with Gasteiger partial charge in [0.05, 0.1) is 0 Å². The molecule has 0 nitrogen and oxygen atoms in total. The number of hydrogen-bond donors (Lipinski definition) is 0. The zero-order valence-electron chi connectivity index (χ0n) is 4.60. The molecule has 0 aromatic heterocycles. The molecule has 0 saturated heterocycles. The molecule has 0 amide bonds. The van der Waals surface area contributed by atoms with E-state index in [-0.39, 0.29) is 59.1 Å². The first kappa shape index (κ1) is 19.0. The molecule has 0 fully saturated rings. The molecule has 9 heteroatoms. The zero-order chi connectivity index (χ0) is 6.41. The quantitative estimate of drug-likeness (QED) is 0.444. The van der Waals surface area contributed by atoms with Crippen LogP contribution >= 0.6 is 58.1 Å². The van der Waals surface area contributed by atoms with Crippen LogP contribution < -0.4 is 59.1 Å². The molecule has 0 bridgehead atoms. The molecule has 0 aromatic carbocycles. The van der Waals surface area contributed by atoms with Crippen LogP contribution in [0.5, 0.6) is 0 Å². The SMILES string of the molecule is [Cl][Rh-2]([Cl])([Cl])([Cl])([Cl])[Cl].[Na+].[Na+]. The molecule has 0 heterocycles. The molecular weight excluding hydrogens is 362 g/mol. The second-order valence-electron chi connectivity index (χ2n) is 0.714. The van der Waals surface area contributed by atoms with Gasteiger partial charge in [0.25, 0.3) is 0 Å². The van der Waals surface area contributed by atoms with Crippen LogP contribution in [0.1, 0.15) is 0 Å². The van der Waals surface area contributed by atoms with Crippen molar-refractivity contribution in [2.75, 3.05) is 0 Å². The van der Waals surface area contributed by atoms with E-state index in [0.717, 1.165) is 0 Å². The molecule has 0 aliphatic carbocycles. The van der Waals surface area contributed by atoms with E-state index >= 15 is 0 Å². The van der Waals surface area contributed by atoms with Crippen LogP contribution in [0.4, 0.5) is 0 Å². The largest absolute Gasteiger partial charge is 1.00 e. The van der Waals surface area contributed by atoms with E-state index < -0.39 is 6.48 Å². The van der Waals surface area contributed by atoms with Crippen molar-refractivity contribution in [1.82, 2.24) is 0 Å². The Kier molecular flexibility index (Phi) is 9.00. The zero-order valence-corrected chi connectivity index (χ0v) is 14.8. The van der Waals surface area contributed by atoms with Crippen molar-refractivity contribution in [2.24, 2.45) is 0 Å². The van der Waals surface area contributed by atoms with Crippen LogP contribution in [-0.2, 0) is 6.48 Å². The minimum absolute atomic E-state index is 0. The van der Waals surface area contributed by atoms with E-state index in [1.807, 2.05) is 0 Å². The molecule has 0 aromatic rings. The second kappa shape index (κ2) is 4.26. The van der Waals surface area contributed by atoms with Gasteiger partial charge in [-0.3, -0.25) is 0 Å². The summed E-state index contributed by atoms with van der Waals surface area (Å²) in [6.07, 6.45) is 0. The van der Waals surface area contributed by atoms with Crippen molar-refractivity contribution in [3.63, 3.8) is 0 Å². The monoisotopic (exact) mass is 359 g/mol. The Morgan fingerprint density at radius 3 is 0.556 bits per heavy atom.